The van der Waals surface area contributed by atoms with Crippen molar-refractivity contribution in [1.29, 1.82) is 0 Å². The molecule has 4 heterocycles. The smallest absolute Gasteiger partial charge is 0.201 e. The molecule has 2 aliphatic rings. The molecule has 0 saturated carbocycles. The zero-order chi connectivity index (χ0) is 21.8. The van der Waals surface area contributed by atoms with Gasteiger partial charge in [0.05, 0.1) is 17.4 Å². The Bertz CT molecular complexity index is 1020. The molecule has 7 heteroatoms. The molecule has 7 nitrogen and oxygen atoms in total. The third kappa shape index (κ3) is 4.24. The van der Waals surface area contributed by atoms with Crippen LogP contribution in [0.1, 0.15) is 28.9 Å². The largest absolute Gasteiger partial charge is 0.381 e. The van der Waals surface area contributed by atoms with Gasteiger partial charge in [0.1, 0.15) is 5.69 Å². The van der Waals surface area contributed by atoms with Crippen LogP contribution in [0.5, 0.6) is 0 Å². The van der Waals surface area contributed by atoms with Crippen molar-refractivity contribution >= 4 is 5.78 Å². The first-order valence-corrected chi connectivity index (χ1v) is 11.3. The van der Waals surface area contributed by atoms with Crippen LogP contribution in [0.25, 0.3) is 5.69 Å². The monoisotopic (exact) mass is 431 g/mol. The van der Waals surface area contributed by atoms with E-state index < -0.39 is 5.54 Å². The fourth-order valence-corrected chi connectivity index (χ4v) is 4.89. The Morgan fingerprint density at radius 3 is 2.44 bits per heavy atom. The van der Waals surface area contributed by atoms with Crippen LogP contribution in [0.15, 0.2) is 67.1 Å². The number of ketones is 1. The third-order valence-electron chi connectivity index (χ3n) is 6.68. The molecule has 1 aromatic carbocycles. The van der Waals surface area contributed by atoms with Crippen LogP contribution in [0.4, 0.5) is 0 Å². The van der Waals surface area contributed by atoms with Gasteiger partial charge in [-0.2, -0.15) is 5.10 Å². The molecule has 2 aromatic heterocycles. The molecular formula is C25H29N5O2. The van der Waals surface area contributed by atoms with Crippen LogP contribution in [0.3, 0.4) is 0 Å². The Kier molecular flexibility index (Phi) is 6.12. The average molecular weight is 432 g/mol. The second kappa shape index (κ2) is 9.32. The normalized spacial score (nSPS) is 19.6. The minimum absolute atomic E-state index is 0.138. The van der Waals surface area contributed by atoms with E-state index in [1.54, 1.807) is 6.20 Å². The molecule has 166 valence electrons. The van der Waals surface area contributed by atoms with E-state index >= 15 is 0 Å². The molecule has 0 bridgehead atoms. The molecular weight excluding hydrogens is 402 g/mol. The Hall–Kier alpha value is -2.87. The average Bonchev–Trinajstić information content (AvgIpc) is 3.34. The molecule has 2 saturated heterocycles. The number of rotatable bonds is 6. The third-order valence-corrected chi connectivity index (χ3v) is 6.68. The predicted octanol–water partition coefficient (Wildman–Crippen LogP) is 2.82. The van der Waals surface area contributed by atoms with E-state index in [1.165, 1.54) is 5.56 Å². The van der Waals surface area contributed by atoms with Gasteiger partial charge in [-0.05, 0) is 37.1 Å². The standard InChI is InChI=1S/C25H29N5O2/c31-24(23-8-4-5-11-26-23)25(9-16-32-17-10-25)29-14-12-28(13-15-29)19-21-18-27-30(20-21)22-6-2-1-3-7-22/h1-8,11,18,20H,9-10,12-17,19H2. The summed E-state index contributed by atoms with van der Waals surface area (Å²) in [5, 5.41) is 4.52. The molecule has 32 heavy (non-hydrogen) atoms. The lowest BCUT2D eigenvalue weighted by Crippen LogP contribution is -2.62. The van der Waals surface area contributed by atoms with Crippen molar-refractivity contribution in [3.63, 3.8) is 0 Å². The van der Waals surface area contributed by atoms with E-state index in [0.29, 0.717) is 18.9 Å². The molecule has 0 N–H and O–H groups in total. The first-order valence-electron chi connectivity index (χ1n) is 11.3. The minimum atomic E-state index is -0.503. The number of Topliss-reactive ketones (excluding diaryl/α,β-unsaturated/α-hetero) is 1. The molecule has 0 amide bonds. The number of aromatic nitrogens is 3. The number of hydrogen-bond donors (Lipinski definition) is 0. The van der Waals surface area contributed by atoms with Gasteiger partial charge in [-0.3, -0.25) is 19.6 Å². The lowest BCUT2D eigenvalue weighted by molar-refractivity contribution is -0.0340. The van der Waals surface area contributed by atoms with Crippen LogP contribution >= 0.6 is 0 Å². The number of pyridine rings is 1. The van der Waals surface area contributed by atoms with E-state index in [9.17, 15) is 4.79 Å². The summed E-state index contributed by atoms with van der Waals surface area (Å²) in [6.45, 7) is 5.69. The van der Waals surface area contributed by atoms with Crippen molar-refractivity contribution in [1.82, 2.24) is 24.6 Å². The van der Waals surface area contributed by atoms with Crippen LogP contribution < -0.4 is 0 Å². The van der Waals surface area contributed by atoms with Gasteiger partial charge in [-0.25, -0.2) is 4.68 Å². The highest BCUT2D eigenvalue weighted by atomic mass is 16.5. The van der Waals surface area contributed by atoms with Crippen molar-refractivity contribution < 1.29 is 9.53 Å². The number of piperazine rings is 1. The summed E-state index contributed by atoms with van der Waals surface area (Å²) in [4.78, 5) is 22.7. The second-order valence-electron chi connectivity index (χ2n) is 8.58. The van der Waals surface area contributed by atoms with E-state index in [2.05, 4.69) is 38.2 Å². The van der Waals surface area contributed by atoms with Gasteiger partial charge in [0.25, 0.3) is 0 Å². The number of ether oxygens (including phenoxy) is 1. The first-order chi connectivity index (χ1) is 15.7. The summed E-state index contributed by atoms with van der Waals surface area (Å²) in [7, 11) is 0. The van der Waals surface area contributed by atoms with Crippen LogP contribution in [0.2, 0.25) is 0 Å². The van der Waals surface area contributed by atoms with Crippen molar-refractivity contribution in [2.45, 2.75) is 24.9 Å². The lowest BCUT2D eigenvalue weighted by atomic mass is 9.81. The topological polar surface area (TPSA) is 63.5 Å². The number of benzene rings is 1. The van der Waals surface area contributed by atoms with Gasteiger partial charge < -0.3 is 4.74 Å². The summed E-state index contributed by atoms with van der Waals surface area (Å²) in [6, 6.07) is 15.7. The Morgan fingerprint density at radius 1 is 0.969 bits per heavy atom. The quantitative estimate of drug-likeness (QED) is 0.560. The fourth-order valence-electron chi connectivity index (χ4n) is 4.89. The van der Waals surface area contributed by atoms with Gasteiger partial charge in [0.2, 0.25) is 5.78 Å². The zero-order valence-electron chi connectivity index (χ0n) is 18.3. The van der Waals surface area contributed by atoms with Crippen molar-refractivity contribution in [2.75, 3.05) is 39.4 Å². The van der Waals surface area contributed by atoms with Gasteiger partial charge in [-0.15, -0.1) is 0 Å². The van der Waals surface area contributed by atoms with E-state index in [4.69, 9.17) is 4.74 Å². The Morgan fingerprint density at radius 2 is 1.72 bits per heavy atom. The highest BCUT2D eigenvalue weighted by Crippen LogP contribution is 2.32. The summed E-state index contributed by atoms with van der Waals surface area (Å²) in [6.07, 6.45) is 7.21. The number of carbonyl (C=O) groups excluding carboxylic acids is 1. The molecule has 2 aliphatic heterocycles. The minimum Gasteiger partial charge on any atom is -0.381 e. The summed E-state index contributed by atoms with van der Waals surface area (Å²) in [5.41, 5.74) is 2.33. The maximum atomic E-state index is 13.5. The molecule has 2 fully saturated rings. The SMILES string of the molecule is O=C(c1ccccn1)C1(N2CCN(Cc3cnn(-c4ccccc4)c3)CC2)CCOCC1. The summed E-state index contributed by atoms with van der Waals surface area (Å²) >= 11 is 0. The van der Waals surface area contributed by atoms with Crippen LogP contribution in [0, 0.1) is 0 Å². The first kappa shape index (κ1) is 21.0. The van der Waals surface area contributed by atoms with Crippen LogP contribution in [-0.2, 0) is 11.3 Å². The Balaban J connectivity index is 1.25. The Labute approximate surface area is 188 Å². The fraction of sp³-hybridized carbons (Fsp3) is 0.400. The molecule has 3 aromatic rings. The van der Waals surface area contributed by atoms with E-state index in [1.807, 2.05) is 47.3 Å². The maximum absolute atomic E-state index is 13.5. The molecule has 0 radical (unpaired) electrons. The summed E-state index contributed by atoms with van der Waals surface area (Å²) < 4.78 is 7.55. The van der Waals surface area contributed by atoms with Crippen molar-refractivity contribution in [3.05, 3.63) is 78.4 Å². The highest BCUT2D eigenvalue weighted by molar-refractivity contribution is 6.01. The molecule has 5 rings (SSSR count). The lowest BCUT2D eigenvalue weighted by Gasteiger charge is -2.48. The second-order valence-corrected chi connectivity index (χ2v) is 8.58. The van der Waals surface area contributed by atoms with E-state index in [-0.39, 0.29) is 5.78 Å². The van der Waals surface area contributed by atoms with Gasteiger partial charge in [0.15, 0.2) is 0 Å². The van der Waals surface area contributed by atoms with Gasteiger partial charge in [-0.1, -0.05) is 24.3 Å². The molecule has 0 atom stereocenters. The number of para-hydroxylation sites is 1. The molecule has 0 spiro atoms. The zero-order valence-corrected chi connectivity index (χ0v) is 18.3. The molecule has 0 unspecified atom stereocenters. The summed E-state index contributed by atoms with van der Waals surface area (Å²) in [5.74, 6) is 0.138. The molecule has 0 aliphatic carbocycles. The van der Waals surface area contributed by atoms with Gasteiger partial charge in [0, 0.05) is 63.9 Å². The number of hydrogen-bond acceptors (Lipinski definition) is 6. The van der Waals surface area contributed by atoms with Crippen LogP contribution in [-0.4, -0.2) is 75.3 Å². The maximum Gasteiger partial charge on any atom is 0.201 e. The van der Waals surface area contributed by atoms with E-state index in [0.717, 1.165) is 51.3 Å². The number of nitrogens with zero attached hydrogens (tertiary/aromatic N) is 5. The predicted molar refractivity (Wildman–Crippen MR) is 122 cm³/mol. The van der Waals surface area contributed by atoms with Crippen molar-refractivity contribution in [3.8, 4) is 5.69 Å². The highest BCUT2D eigenvalue weighted by Gasteiger charge is 2.46. The van der Waals surface area contributed by atoms with Gasteiger partial charge >= 0.3 is 0 Å². The van der Waals surface area contributed by atoms with Crippen molar-refractivity contribution in [2.24, 2.45) is 0 Å². The number of carbonyl (C=O) groups is 1.